The molecular formula is C21H20N4O4. The average Bonchev–Trinajstić information content (AvgIpc) is 3.03. The molecule has 3 heterocycles. The number of rotatable bonds is 5. The summed E-state index contributed by atoms with van der Waals surface area (Å²) >= 11 is 0. The van der Waals surface area contributed by atoms with Crippen molar-refractivity contribution in [2.75, 3.05) is 5.32 Å². The molecule has 0 aliphatic carbocycles. The molecule has 1 saturated heterocycles. The molecule has 4 amide bonds. The molecule has 2 aromatic rings. The van der Waals surface area contributed by atoms with E-state index >= 15 is 0 Å². The summed E-state index contributed by atoms with van der Waals surface area (Å²) < 4.78 is 0. The third kappa shape index (κ3) is 4.01. The third-order valence-electron chi connectivity index (χ3n) is 5.18. The van der Waals surface area contributed by atoms with Gasteiger partial charge in [0.05, 0.1) is 11.9 Å². The minimum absolute atomic E-state index is 0.130. The normalized spacial score (nSPS) is 18.4. The standard InChI is InChI=1S/C21H20N4O4/c26-18(23-15-2-1-9-22-11-15)7-4-13-3-5-14-12-25(21(29)16(14)10-13)17-6-8-19(27)24-20(17)28/h1-3,5,9-11,17H,4,6-8,12H2,(H,23,26)(H,24,27,28). The van der Waals surface area contributed by atoms with Gasteiger partial charge in [0.25, 0.3) is 5.91 Å². The predicted molar refractivity (Wildman–Crippen MR) is 104 cm³/mol. The van der Waals surface area contributed by atoms with Crippen molar-refractivity contribution in [1.29, 1.82) is 0 Å². The molecule has 2 N–H and O–H groups in total. The van der Waals surface area contributed by atoms with E-state index in [-0.39, 0.29) is 30.6 Å². The van der Waals surface area contributed by atoms with E-state index in [9.17, 15) is 19.2 Å². The smallest absolute Gasteiger partial charge is 0.255 e. The van der Waals surface area contributed by atoms with Gasteiger partial charge in [0.2, 0.25) is 17.7 Å². The molecule has 148 valence electrons. The number of piperidine rings is 1. The first-order valence-corrected chi connectivity index (χ1v) is 9.47. The zero-order valence-corrected chi connectivity index (χ0v) is 15.7. The minimum atomic E-state index is -0.624. The number of imide groups is 1. The van der Waals surface area contributed by atoms with E-state index in [1.54, 1.807) is 30.6 Å². The van der Waals surface area contributed by atoms with E-state index < -0.39 is 11.9 Å². The van der Waals surface area contributed by atoms with Crippen LogP contribution in [0, 0.1) is 0 Å². The molecule has 2 aliphatic rings. The Morgan fingerprint density at radius 1 is 1.24 bits per heavy atom. The van der Waals surface area contributed by atoms with Crippen LogP contribution in [0.25, 0.3) is 0 Å². The van der Waals surface area contributed by atoms with Crippen LogP contribution in [0.4, 0.5) is 5.69 Å². The van der Waals surface area contributed by atoms with Crippen molar-refractivity contribution < 1.29 is 19.2 Å². The first-order chi connectivity index (χ1) is 14.0. The summed E-state index contributed by atoms with van der Waals surface area (Å²) in [6, 6.07) is 8.45. The summed E-state index contributed by atoms with van der Waals surface area (Å²) in [5, 5.41) is 5.08. The van der Waals surface area contributed by atoms with Gasteiger partial charge in [0.15, 0.2) is 0 Å². The van der Waals surface area contributed by atoms with Crippen molar-refractivity contribution in [3.8, 4) is 0 Å². The Kier molecular flexibility index (Phi) is 5.07. The number of carbonyl (C=O) groups excluding carboxylic acids is 4. The Balaban J connectivity index is 1.39. The lowest BCUT2D eigenvalue weighted by Gasteiger charge is -2.29. The van der Waals surface area contributed by atoms with Crippen LogP contribution in [0.3, 0.4) is 0 Å². The first kappa shape index (κ1) is 18.8. The van der Waals surface area contributed by atoms with E-state index in [2.05, 4.69) is 15.6 Å². The van der Waals surface area contributed by atoms with Crippen LogP contribution in [0.1, 0.15) is 40.7 Å². The summed E-state index contributed by atoms with van der Waals surface area (Å²) in [6.45, 7) is 0.349. The van der Waals surface area contributed by atoms with Crippen LogP contribution >= 0.6 is 0 Å². The van der Waals surface area contributed by atoms with Crippen molar-refractivity contribution in [2.45, 2.75) is 38.3 Å². The average molecular weight is 392 g/mol. The number of nitrogens with zero attached hydrogens (tertiary/aromatic N) is 2. The summed E-state index contributed by atoms with van der Waals surface area (Å²) in [6.07, 6.45) is 4.55. The molecular weight excluding hydrogens is 372 g/mol. The molecule has 0 saturated carbocycles. The molecule has 4 rings (SSSR count). The molecule has 29 heavy (non-hydrogen) atoms. The quantitative estimate of drug-likeness (QED) is 0.748. The van der Waals surface area contributed by atoms with Gasteiger partial charge in [0.1, 0.15) is 6.04 Å². The van der Waals surface area contributed by atoms with E-state index in [1.807, 2.05) is 12.1 Å². The van der Waals surface area contributed by atoms with E-state index in [4.69, 9.17) is 0 Å². The number of carbonyl (C=O) groups is 4. The second-order valence-corrected chi connectivity index (χ2v) is 7.18. The highest BCUT2D eigenvalue weighted by Gasteiger charge is 2.39. The molecule has 1 atom stereocenters. The SMILES string of the molecule is O=C1CCC(N2Cc3ccc(CCC(=O)Nc4cccnc4)cc3C2=O)C(=O)N1. The highest BCUT2D eigenvalue weighted by Crippen LogP contribution is 2.28. The first-order valence-electron chi connectivity index (χ1n) is 9.47. The van der Waals surface area contributed by atoms with Crippen LogP contribution in [-0.4, -0.2) is 39.6 Å². The lowest BCUT2D eigenvalue weighted by molar-refractivity contribution is -0.137. The largest absolute Gasteiger partial charge is 0.325 e. The number of aromatic nitrogens is 1. The van der Waals surface area contributed by atoms with E-state index in [1.165, 1.54) is 4.90 Å². The van der Waals surface area contributed by atoms with Crippen molar-refractivity contribution >= 4 is 29.3 Å². The van der Waals surface area contributed by atoms with Gasteiger partial charge < -0.3 is 10.2 Å². The van der Waals surface area contributed by atoms with Gasteiger partial charge in [-0.3, -0.25) is 29.5 Å². The van der Waals surface area contributed by atoms with Crippen molar-refractivity contribution in [1.82, 2.24) is 15.2 Å². The second-order valence-electron chi connectivity index (χ2n) is 7.18. The fraction of sp³-hybridized carbons (Fsp3) is 0.286. The Hall–Kier alpha value is -3.55. The monoisotopic (exact) mass is 392 g/mol. The highest BCUT2D eigenvalue weighted by molar-refractivity contribution is 6.05. The number of hydrogen-bond acceptors (Lipinski definition) is 5. The molecule has 1 aromatic heterocycles. The molecule has 1 unspecified atom stereocenters. The van der Waals surface area contributed by atoms with Gasteiger partial charge in [-0.2, -0.15) is 0 Å². The number of fused-ring (bicyclic) bond motifs is 1. The van der Waals surface area contributed by atoms with Gasteiger partial charge in [-0.25, -0.2) is 0 Å². The number of nitrogens with one attached hydrogen (secondary N) is 2. The summed E-state index contributed by atoms with van der Waals surface area (Å²) in [4.78, 5) is 53.9. The topological polar surface area (TPSA) is 108 Å². The number of anilines is 1. The van der Waals surface area contributed by atoms with Crippen molar-refractivity contribution in [3.05, 3.63) is 59.4 Å². The number of hydrogen-bond donors (Lipinski definition) is 2. The number of aryl methyl sites for hydroxylation is 1. The zero-order valence-electron chi connectivity index (χ0n) is 15.7. The van der Waals surface area contributed by atoms with Gasteiger partial charge >= 0.3 is 0 Å². The molecule has 0 bridgehead atoms. The Morgan fingerprint density at radius 2 is 2.10 bits per heavy atom. The lowest BCUT2D eigenvalue weighted by atomic mass is 10.0. The number of benzene rings is 1. The van der Waals surface area contributed by atoms with Crippen LogP contribution in [0.2, 0.25) is 0 Å². The summed E-state index contributed by atoms with van der Waals surface area (Å²) in [5.74, 6) is -1.07. The molecule has 0 spiro atoms. The Morgan fingerprint density at radius 3 is 2.86 bits per heavy atom. The molecule has 1 aromatic carbocycles. The van der Waals surface area contributed by atoms with Gasteiger partial charge in [-0.05, 0) is 42.2 Å². The van der Waals surface area contributed by atoms with Gasteiger partial charge in [0, 0.05) is 31.1 Å². The van der Waals surface area contributed by atoms with E-state index in [0.717, 1.165) is 11.1 Å². The highest BCUT2D eigenvalue weighted by atomic mass is 16.2. The molecule has 1 fully saturated rings. The molecule has 2 aliphatic heterocycles. The van der Waals surface area contributed by atoms with Crippen LogP contribution in [0.5, 0.6) is 0 Å². The van der Waals surface area contributed by atoms with Gasteiger partial charge in [-0.1, -0.05) is 12.1 Å². The van der Waals surface area contributed by atoms with Crippen LogP contribution in [-0.2, 0) is 27.3 Å². The van der Waals surface area contributed by atoms with Crippen molar-refractivity contribution in [3.63, 3.8) is 0 Å². The summed E-state index contributed by atoms with van der Waals surface area (Å²) in [5.41, 5.74) is 2.92. The lowest BCUT2D eigenvalue weighted by Crippen LogP contribution is -2.52. The summed E-state index contributed by atoms with van der Waals surface area (Å²) in [7, 11) is 0. The molecule has 8 nitrogen and oxygen atoms in total. The van der Waals surface area contributed by atoms with Crippen LogP contribution in [0.15, 0.2) is 42.7 Å². The van der Waals surface area contributed by atoms with Crippen LogP contribution < -0.4 is 10.6 Å². The fourth-order valence-electron chi connectivity index (χ4n) is 3.68. The maximum absolute atomic E-state index is 12.8. The second kappa shape index (κ2) is 7.83. The number of pyridine rings is 1. The van der Waals surface area contributed by atoms with Crippen molar-refractivity contribution in [2.24, 2.45) is 0 Å². The van der Waals surface area contributed by atoms with Gasteiger partial charge in [-0.15, -0.1) is 0 Å². The maximum Gasteiger partial charge on any atom is 0.255 e. The Bertz CT molecular complexity index is 989. The molecule has 8 heteroatoms. The third-order valence-corrected chi connectivity index (χ3v) is 5.18. The predicted octanol–water partition coefficient (Wildman–Crippen LogP) is 1.41. The minimum Gasteiger partial charge on any atom is -0.325 e. The molecule has 0 radical (unpaired) electrons. The fourth-order valence-corrected chi connectivity index (χ4v) is 3.68. The number of amides is 4. The Labute approximate surface area is 167 Å². The van der Waals surface area contributed by atoms with E-state index in [0.29, 0.717) is 30.6 Å². The maximum atomic E-state index is 12.8. The zero-order chi connectivity index (χ0) is 20.4.